The third-order valence-corrected chi connectivity index (χ3v) is 6.70. The van der Waals surface area contributed by atoms with Crippen molar-refractivity contribution in [2.45, 2.75) is 13.8 Å². The number of rotatable bonds is 3. The second-order valence-corrected chi connectivity index (χ2v) is 9.26. The number of aryl methyl sites for hydroxylation is 1. The zero-order valence-electron chi connectivity index (χ0n) is 16.9. The van der Waals surface area contributed by atoms with Gasteiger partial charge >= 0.3 is 0 Å². The molecule has 0 unspecified atom stereocenters. The molecular weight excluding hydrogens is 533 g/mol. The molecule has 2 heterocycles. The van der Waals surface area contributed by atoms with Gasteiger partial charge in [0.1, 0.15) is 5.57 Å². The van der Waals surface area contributed by atoms with Crippen molar-refractivity contribution < 1.29 is 9.59 Å². The highest BCUT2D eigenvalue weighted by atomic mass is 79.9. The van der Waals surface area contributed by atoms with Crippen LogP contribution in [0.25, 0.3) is 11.8 Å². The Labute approximate surface area is 208 Å². The van der Waals surface area contributed by atoms with Crippen molar-refractivity contribution in [1.82, 2.24) is 9.88 Å². The van der Waals surface area contributed by atoms with Gasteiger partial charge in [-0.15, -0.1) is 0 Å². The lowest BCUT2D eigenvalue weighted by atomic mass is 10.1. The molecule has 1 saturated heterocycles. The van der Waals surface area contributed by atoms with Crippen molar-refractivity contribution in [1.29, 1.82) is 0 Å². The molecule has 0 bridgehead atoms. The second-order valence-electron chi connectivity index (χ2n) is 7.17. The van der Waals surface area contributed by atoms with Gasteiger partial charge in [0, 0.05) is 21.5 Å². The van der Waals surface area contributed by atoms with Crippen LogP contribution in [0.4, 0.5) is 5.69 Å². The lowest BCUT2D eigenvalue weighted by molar-refractivity contribution is -0.122. The minimum absolute atomic E-state index is 0.0517. The molecule has 0 radical (unpaired) electrons. The zero-order valence-corrected chi connectivity index (χ0v) is 20.9. The summed E-state index contributed by atoms with van der Waals surface area (Å²) in [5, 5.41) is 2.97. The van der Waals surface area contributed by atoms with Crippen LogP contribution in [-0.2, 0) is 9.59 Å². The second kappa shape index (κ2) is 8.83. The van der Waals surface area contributed by atoms with Crippen molar-refractivity contribution >= 4 is 80.0 Å². The predicted molar refractivity (Wildman–Crippen MR) is 136 cm³/mol. The number of anilines is 1. The van der Waals surface area contributed by atoms with Crippen LogP contribution >= 0.6 is 51.3 Å². The SMILES string of the molecule is Cc1cc(/C=C2\C(=O)NC(=S)N(c3cccc(Cl)c3Cl)C2=O)c(C)n1-c1cccc(Br)c1. The number of carbonyl (C=O) groups excluding carboxylic acids is 2. The molecule has 1 aliphatic rings. The molecule has 9 heteroatoms. The average Bonchev–Trinajstić information content (AvgIpc) is 3.01. The summed E-state index contributed by atoms with van der Waals surface area (Å²) in [6, 6.07) is 14.7. The first-order valence-corrected chi connectivity index (χ1v) is 11.4. The Hall–Kier alpha value is -2.45. The Bertz CT molecular complexity index is 1330. The van der Waals surface area contributed by atoms with Crippen molar-refractivity contribution in [3.8, 4) is 5.69 Å². The molecule has 0 aliphatic carbocycles. The van der Waals surface area contributed by atoms with Crippen molar-refractivity contribution in [3.05, 3.63) is 85.6 Å². The molecule has 4 rings (SSSR count). The van der Waals surface area contributed by atoms with Crippen LogP contribution < -0.4 is 10.2 Å². The van der Waals surface area contributed by atoms with Crippen LogP contribution in [-0.4, -0.2) is 21.5 Å². The molecule has 2 amide bonds. The summed E-state index contributed by atoms with van der Waals surface area (Å²) in [7, 11) is 0. The minimum Gasteiger partial charge on any atom is -0.318 e. The van der Waals surface area contributed by atoms with E-state index in [1.54, 1.807) is 24.3 Å². The van der Waals surface area contributed by atoms with Gasteiger partial charge in [0.15, 0.2) is 5.11 Å². The highest BCUT2D eigenvalue weighted by Crippen LogP contribution is 2.34. The van der Waals surface area contributed by atoms with Crippen LogP contribution in [0, 0.1) is 13.8 Å². The Morgan fingerprint density at radius 3 is 2.50 bits per heavy atom. The molecule has 32 heavy (non-hydrogen) atoms. The van der Waals surface area contributed by atoms with Gasteiger partial charge in [-0.1, -0.05) is 51.3 Å². The largest absolute Gasteiger partial charge is 0.318 e. The van der Waals surface area contributed by atoms with Crippen molar-refractivity contribution in [2.75, 3.05) is 4.90 Å². The van der Waals surface area contributed by atoms with Crippen LogP contribution in [0.2, 0.25) is 10.0 Å². The van der Waals surface area contributed by atoms with Crippen LogP contribution in [0.1, 0.15) is 17.0 Å². The van der Waals surface area contributed by atoms with Gasteiger partial charge in [-0.3, -0.25) is 19.8 Å². The molecule has 2 aromatic carbocycles. The maximum absolute atomic E-state index is 13.3. The molecule has 5 nitrogen and oxygen atoms in total. The van der Waals surface area contributed by atoms with E-state index in [-0.39, 0.29) is 20.7 Å². The zero-order chi connectivity index (χ0) is 23.2. The number of aromatic nitrogens is 1. The fourth-order valence-corrected chi connectivity index (χ4v) is 4.68. The smallest absolute Gasteiger partial charge is 0.270 e. The lowest BCUT2D eigenvalue weighted by Gasteiger charge is -2.29. The number of carbonyl (C=O) groups is 2. The van der Waals surface area contributed by atoms with Gasteiger partial charge < -0.3 is 4.57 Å². The maximum atomic E-state index is 13.3. The number of hydrogen-bond donors (Lipinski definition) is 1. The number of halogens is 3. The lowest BCUT2D eigenvalue weighted by Crippen LogP contribution is -2.54. The van der Waals surface area contributed by atoms with Crippen LogP contribution in [0.5, 0.6) is 0 Å². The predicted octanol–water partition coefficient (Wildman–Crippen LogP) is 5.99. The Kier molecular flexibility index (Phi) is 6.27. The summed E-state index contributed by atoms with van der Waals surface area (Å²) < 4.78 is 3.00. The molecular formula is C23H16BrCl2N3O2S. The molecule has 3 aromatic rings. The first-order valence-electron chi connectivity index (χ1n) is 9.49. The summed E-state index contributed by atoms with van der Waals surface area (Å²) in [5.74, 6) is -1.14. The fraction of sp³-hybridized carbons (Fsp3) is 0.0870. The Balaban J connectivity index is 1.79. The van der Waals surface area contributed by atoms with E-state index in [1.165, 1.54) is 4.90 Å². The fourth-order valence-electron chi connectivity index (χ4n) is 3.64. The molecule has 162 valence electrons. The van der Waals surface area contributed by atoms with Gasteiger partial charge in [-0.05, 0) is 74.1 Å². The third kappa shape index (κ3) is 4.01. The van der Waals surface area contributed by atoms with E-state index in [0.29, 0.717) is 5.69 Å². The van der Waals surface area contributed by atoms with E-state index in [4.69, 9.17) is 35.4 Å². The number of amides is 2. The topological polar surface area (TPSA) is 54.3 Å². The quantitative estimate of drug-likeness (QED) is 0.248. The van der Waals surface area contributed by atoms with E-state index >= 15 is 0 Å². The van der Waals surface area contributed by atoms with E-state index in [0.717, 1.165) is 27.1 Å². The Morgan fingerprint density at radius 1 is 1.06 bits per heavy atom. The van der Waals surface area contributed by atoms with Crippen molar-refractivity contribution in [2.24, 2.45) is 0 Å². The first-order chi connectivity index (χ1) is 15.2. The van der Waals surface area contributed by atoms with E-state index in [2.05, 4.69) is 25.8 Å². The third-order valence-electron chi connectivity index (χ3n) is 5.11. The van der Waals surface area contributed by atoms with E-state index < -0.39 is 11.8 Å². The number of nitrogens with one attached hydrogen (secondary N) is 1. The van der Waals surface area contributed by atoms with E-state index in [9.17, 15) is 9.59 Å². The number of hydrogen-bond acceptors (Lipinski definition) is 3. The summed E-state index contributed by atoms with van der Waals surface area (Å²) in [6.07, 6.45) is 1.57. The molecule has 1 N–H and O–H groups in total. The maximum Gasteiger partial charge on any atom is 0.270 e. The average molecular weight is 549 g/mol. The van der Waals surface area contributed by atoms with Gasteiger partial charge in [-0.25, -0.2) is 0 Å². The van der Waals surface area contributed by atoms with Gasteiger partial charge in [0.25, 0.3) is 11.8 Å². The summed E-state index contributed by atoms with van der Waals surface area (Å²) >= 11 is 21.2. The molecule has 0 spiro atoms. The molecule has 1 aromatic heterocycles. The highest BCUT2D eigenvalue weighted by molar-refractivity contribution is 9.10. The summed E-state index contributed by atoms with van der Waals surface area (Å²) in [4.78, 5) is 27.2. The molecule has 1 fully saturated rings. The monoisotopic (exact) mass is 547 g/mol. The molecule has 1 aliphatic heterocycles. The molecule has 0 atom stereocenters. The van der Waals surface area contributed by atoms with Crippen molar-refractivity contribution in [3.63, 3.8) is 0 Å². The van der Waals surface area contributed by atoms with Crippen LogP contribution in [0.15, 0.2) is 58.6 Å². The van der Waals surface area contributed by atoms with Crippen LogP contribution in [0.3, 0.4) is 0 Å². The number of nitrogens with zero attached hydrogens (tertiary/aromatic N) is 2. The normalized spacial score (nSPS) is 15.5. The number of thiocarbonyl (C=S) groups is 1. The Morgan fingerprint density at radius 2 is 1.78 bits per heavy atom. The highest BCUT2D eigenvalue weighted by Gasteiger charge is 2.36. The van der Waals surface area contributed by atoms with E-state index in [1.807, 2.05) is 44.2 Å². The summed E-state index contributed by atoms with van der Waals surface area (Å²) in [6.45, 7) is 3.90. The first kappa shape index (κ1) is 22.7. The number of benzene rings is 2. The molecule has 0 saturated carbocycles. The summed E-state index contributed by atoms with van der Waals surface area (Å²) in [5.41, 5.74) is 3.80. The van der Waals surface area contributed by atoms with Gasteiger partial charge in [0.2, 0.25) is 0 Å². The van der Waals surface area contributed by atoms with Gasteiger partial charge in [0.05, 0.1) is 15.7 Å². The van der Waals surface area contributed by atoms with Gasteiger partial charge in [-0.2, -0.15) is 0 Å². The standard InChI is InChI=1S/C23H16BrCl2N3O2S/c1-12-9-14(13(2)28(12)16-6-3-5-15(24)11-16)10-17-21(30)27-23(32)29(22(17)31)19-8-4-7-18(25)20(19)26/h3-11H,1-2H3,(H,27,30,32)/b17-10+. The minimum atomic E-state index is -0.574.